The van der Waals surface area contributed by atoms with E-state index in [9.17, 15) is 4.79 Å². The molecule has 1 aliphatic rings. The van der Waals surface area contributed by atoms with E-state index in [1.54, 1.807) is 45.4 Å². The van der Waals surface area contributed by atoms with Gasteiger partial charge in [-0.15, -0.1) is 0 Å². The number of rotatable bonds is 6. The fourth-order valence-corrected chi connectivity index (χ4v) is 4.66. The molecule has 2 aromatic carbocycles. The number of thioether (sulfide) groups is 1. The van der Waals surface area contributed by atoms with Gasteiger partial charge in [0.05, 0.1) is 34.1 Å². The lowest BCUT2D eigenvalue weighted by Gasteiger charge is -2.14. The summed E-state index contributed by atoms with van der Waals surface area (Å²) >= 11 is 1.54. The van der Waals surface area contributed by atoms with E-state index in [0.717, 1.165) is 51.1 Å². The minimum atomic E-state index is -0.215. The normalized spacial score (nSPS) is 13.7. The number of ether oxygens (including phenoxy) is 3. The van der Waals surface area contributed by atoms with Crippen LogP contribution in [-0.2, 0) is 4.79 Å². The highest BCUT2D eigenvalue weighted by Crippen LogP contribution is 2.42. The molecule has 0 radical (unpaired) electrons. The van der Waals surface area contributed by atoms with Crippen molar-refractivity contribution < 1.29 is 23.4 Å². The molecular formula is C25H26N2O5S. The van der Waals surface area contributed by atoms with Gasteiger partial charge in [-0.2, -0.15) is 0 Å². The smallest absolute Gasteiger partial charge is 0.250 e. The van der Waals surface area contributed by atoms with E-state index < -0.39 is 0 Å². The summed E-state index contributed by atoms with van der Waals surface area (Å²) in [5, 5.41) is 4.41. The molecule has 8 heteroatoms. The first-order valence-electron chi connectivity index (χ1n) is 10.4. The third-order valence-corrected chi connectivity index (χ3v) is 6.42. The third-order valence-electron chi connectivity index (χ3n) is 5.53. The number of aliphatic imine (C=N–C) groups is 1. The molecule has 0 saturated carbocycles. The molecule has 4 rings (SSSR count). The van der Waals surface area contributed by atoms with Gasteiger partial charge in [-0.25, -0.2) is 0 Å². The molecule has 0 fully saturated rings. The summed E-state index contributed by atoms with van der Waals surface area (Å²) in [4.78, 5) is 16.8. The second kappa shape index (κ2) is 9.62. The number of amides is 1. The molecule has 0 aliphatic carbocycles. The topological polar surface area (TPSA) is 82.3 Å². The van der Waals surface area contributed by atoms with Gasteiger partial charge in [0.15, 0.2) is 16.7 Å². The maximum absolute atomic E-state index is 12.5. The van der Waals surface area contributed by atoms with Crippen molar-refractivity contribution in [2.24, 2.45) is 4.99 Å². The zero-order chi connectivity index (χ0) is 23.5. The number of hydrogen-bond donors (Lipinski definition) is 1. The maximum atomic E-state index is 12.5. The Kier molecular flexibility index (Phi) is 6.65. The average molecular weight is 467 g/mol. The number of fused-ring (bicyclic) bond motifs is 1. The van der Waals surface area contributed by atoms with Crippen LogP contribution in [0.3, 0.4) is 0 Å². The van der Waals surface area contributed by atoms with Crippen LogP contribution in [0.2, 0.25) is 0 Å². The van der Waals surface area contributed by atoms with Gasteiger partial charge in [0.25, 0.3) is 0 Å². The lowest BCUT2D eigenvalue weighted by atomic mass is 9.96. The molecule has 0 atom stereocenters. The van der Waals surface area contributed by atoms with Crippen molar-refractivity contribution in [1.82, 2.24) is 5.32 Å². The number of amidine groups is 1. The van der Waals surface area contributed by atoms with Crippen LogP contribution in [-0.4, -0.2) is 44.7 Å². The third kappa shape index (κ3) is 4.43. The van der Waals surface area contributed by atoms with Gasteiger partial charge < -0.3 is 23.9 Å². The van der Waals surface area contributed by atoms with E-state index in [2.05, 4.69) is 10.3 Å². The molecule has 0 bridgehead atoms. The SMILES string of the molecule is COc1ccc(-c2coc3c(C)c(OC)c(/C(C)=C/C(=O)NC4=NCCS4)cc23)cc1OC. The zero-order valence-electron chi connectivity index (χ0n) is 19.3. The Hall–Kier alpha value is -3.39. The van der Waals surface area contributed by atoms with E-state index in [-0.39, 0.29) is 5.91 Å². The molecule has 1 aliphatic heterocycles. The molecule has 2 heterocycles. The Morgan fingerprint density at radius 1 is 1.15 bits per heavy atom. The monoisotopic (exact) mass is 466 g/mol. The highest BCUT2D eigenvalue weighted by Gasteiger charge is 2.20. The van der Waals surface area contributed by atoms with Gasteiger partial charge >= 0.3 is 0 Å². The standard InChI is InChI=1S/C25H26N2O5S/c1-14(10-22(28)27-25-26-8-9-33-25)17-12-18-19(13-32-24(18)15(2)23(17)31-5)16-6-7-20(29-3)21(11-16)30-4/h6-7,10-13H,8-9H2,1-5H3,(H,26,27,28)/b14-10+. The van der Waals surface area contributed by atoms with Gasteiger partial charge in [-0.3, -0.25) is 9.79 Å². The first-order valence-corrected chi connectivity index (χ1v) is 11.4. The van der Waals surface area contributed by atoms with Crippen LogP contribution in [0, 0.1) is 6.92 Å². The summed E-state index contributed by atoms with van der Waals surface area (Å²) < 4.78 is 22.5. The van der Waals surface area contributed by atoms with Crippen molar-refractivity contribution in [1.29, 1.82) is 0 Å². The molecule has 1 aromatic heterocycles. The van der Waals surface area contributed by atoms with Crippen LogP contribution in [0.25, 0.3) is 27.7 Å². The molecule has 172 valence electrons. The largest absolute Gasteiger partial charge is 0.496 e. The van der Waals surface area contributed by atoms with Crippen LogP contribution in [0.5, 0.6) is 17.2 Å². The van der Waals surface area contributed by atoms with E-state index >= 15 is 0 Å². The average Bonchev–Trinajstić information content (AvgIpc) is 3.48. The summed E-state index contributed by atoms with van der Waals surface area (Å²) in [5.74, 6) is 2.64. The van der Waals surface area contributed by atoms with Crippen LogP contribution >= 0.6 is 11.8 Å². The highest BCUT2D eigenvalue weighted by molar-refractivity contribution is 8.14. The van der Waals surface area contributed by atoms with Crippen LogP contribution in [0.4, 0.5) is 0 Å². The summed E-state index contributed by atoms with van der Waals surface area (Å²) in [6, 6.07) is 7.74. The number of methoxy groups -OCH3 is 3. The van der Waals surface area contributed by atoms with Gasteiger partial charge in [-0.05, 0) is 43.2 Å². The van der Waals surface area contributed by atoms with E-state index in [1.807, 2.05) is 38.1 Å². The van der Waals surface area contributed by atoms with Crippen molar-refractivity contribution in [3.63, 3.8) is 0 Å². The fourth-order valence-electron chi connectivity index (χ4n) is 3.93. The van der Waals surface area contributed by atoms with Crippen LogP contribution < -0.4 is 19.5 Å². The molecule has 0 unspecified atom stereocenters. The molecule has 33 heavy (non-hydrogen) atoms. The van der Waals surface area contributed by atoms with E-state index in [4.69, 9.17) is 18.6 Å². The Balaban J connectivity index is 1.79. The summed E-state index contributed by atoms with van der Waals surface area (Å²) in [5.41, 5.74) is 5.03. The molecule has 0 spiro atoms. The minimum Gasteiger partial charge on any atom is -0.496 e. The van der Waals surface area contributed by atoms with Crippen LogP contribution in [0.15, 0.2) is 46.0 Å². The Morgan fingerprint density at radius 3 is 2.61 bits per heavy atom. The maximum Gasteiger partial charge on any atom is 0.250 e. The van der Waals surface area contributed by atoms with Gasteiger partial charge in [0, 0.05) is 33.9 Å². The number of carbonyl (C=O) groups is 1. The lowest BCUT2D eigenvalue weighted by Crippen LogP contribution is -2.25. The molecule has 7 nitrogen and oxygen atoms in total. The molecule has 1 amide bonds. The van der Waals surface area contributed by atoms with Crippen molar-refractivity contribution >= 4 is 39.4 Å². The number of hydrogen-bond acceptors (Lipinski definition) is 7. The van der Waals surface area contributed by atoms with Crippen molar-refractivity contribution in [3.05, 3.63) is 47.7 Å². The predicted molar refractivity (Wildman–Crippen MR) is 133 cm³/mol. The van der Waals surface area contributed by atoms with E-state index in [0.29, 0.717) is 22.4 Å². The number of furan rings is 1. The van der Waals surface area contributed by atoms with Gasteiger partial charge in [-0.1, -0.05) is 17.8 Å². The summed E-state index contributed by atoms with van der Waals surface area (Å²) in [6.07, 6.45) is 3.30. The first-order chi connectivity index (χ1) is 16.0. The van der Waals surface area contributed by atoms with Crippen molar-refractivity contribution in [3.8, 4) is 28.4 Å². The molecule has 0 saturated heterocycles. The van der Waals surface area contributed by atoms with Crippen LogP contribution in [0.1, 0.15) is 18.1 Å². The first kappa shape index (κ1) is 22.8. The predicted octanol–water partition coefficient (Wildman–Crippen LogP) is 5.06. The fraction of sp³-hybridized carbons (Fsp3) is 0.280. The number of nitrogens with one attached hydrogen (secondary N) is 1. The summed E-state index contributed by atoms with van der Waals surface area (Å²) in [6.45, 7) is 4.57. The Morgan fingerprint density at radius 2 is 1.94 bits per heavy atom. The van der Waals surface area contributed by atoms with Gasteiger partial charge in [0.1, 0.15) is 11.3 Å². The Bertz CT molecular complexity index is 1280. The quantitative estimate of drug-likeness (QED) is 0.512. The van der Waals surface area contributed by atoms with Gasteiger partial charge in [0.2, 0.25) is 5.91 Å². The number of nitrogens with zero attached hydrogens (tertiary/aromatic N) is 1. The molecular weight excluding hydrogens is 440 g/mol. The highest BCUT2D eigenvalue weighted by atomic mass is 32.2. The van der Waals surface area contributed by atoms with Crippen molar-refractivity contribution in [2.45, 2.75) is 13.8 Å². The number of aryl methyl sites for hydroxylation is 1. The van der Waals surface area contributed by atoms with Crippen molar-refractivity contribution in [2.75, 3.05) is 33.6 Å². The summed E-state index contributed by atoms with van der Waals surface area (Å²) in [7, 11) is 4.83. The number of carbonyl (C=O) groups excluding carboxylic acids is 1. The molecule has 3 aromatic rings. The Labute approximate surface area is 196 Å². The lowest BCUT2D eigenvalue weighted by molar-refractivity contribution is -0.115. The second-order valence-electron chi connectivity index (χ2n) is 7.53. The second-order valence-corrected chi connectivity index (χ2v) is 8.61. The number of allylic oxidation sites excluding steroid dienone is 1. The van der Waals surface area contributed by atoms with E-state index in [1.165, 1.54) is 0 Å². The minimum absolute atomic E-state index is 0.215. The zero-order valence-corrected chi connectivity index (χ0v) is 20.1. The number of benzene rings is 2. The molecule has 1 N–H and O–H groups in total.